The SMILES string of the molecule is OC(/C=C/c1ccccc1-c1ccccc1)(Cn1cncn1)C1(Cl)CC1. The van der Waals surface area contributed by atoms with E-state index in [0.717, 1.165) is 29.5 Å². The predicted octanol–water partition coefficient (Wildman–Crippen LogP) is 4.16. The molecule has 26 heavy (non-hydrogen) atoms. The van der Waals surface area contributed by atoms with Gasteiger partial charge in [0.1, 0.15) is 18.3 Å². The molecule has 1 saturated carbocycles. The van der Waals surface area contributed by atoms with Crippen LogP contribution in [0.3, 0.4) is 0 Å². The number of alkyl halides is 1. The van der Waals surface area contributed by atoms with Gasteiger partial charge in [-0.2, -0.15) is 5.10 Å². The van der Waals surface area contributed by atoms with Gasteiger partial charge in [0, 0.05) is 0 Å². The average Bonchev–Trinajstić information content (AvgIpc) is 3.24. The van der Waals surface area contributed by atoms with Crippen molar-refractivity contribution in [2.75, 3.05) is 0 Å². The predicted molar refractivity (Wildman–Crippen MR) is 104 cm³/mol. The molecule has 1 atom stereocenters. The fraction of sp³-hybridized carbons (Fsp3) is 0.238. The van der Waals surface area contributed by atoms with Gasteiger partial charge in [0.05, 0.1) is 11.4 Å². The largest absolute Gasteiger partial charge is 0.382 e. The summed E-state index contributed by atoms with van der Waals surface area (Å²) in [5, 5.41) is 15.4. The summed E-state index contributed by atoms with van der Waals surface area (Å²) in [6.07, 6.45) is 8.40. The van der Waals surface area contributed by atoms with Crippen LogP contribution in [0, 0.1) is 0 Å². The van der Waals surface area contributed by atoms with Gasteiger partial charge in [0.2, 0.25) is 0 Å². The highest BCUT2D eigenvalue weighted by molar-refractivity contribution is 6.27. The van der Waals surface area contributed by atoms with Crippen LogP contribution in [0.25, 0.3) is 17.2 Å². The van der Waals surface area contributed by atoms with E-state index in [1.807, 2.05) is 48.6 Å². The lowest BCUT2D eigenvalue weighted by Gasteiger charge is -2.29. The Morgan fingerprint density at radius 2 is 1.85 bits per heavy atom. The minimum Gasteiger partial charge on any atom is -0.382 e. The molecule has 1 heterocycles. The molecule has 0 radical (unpaired) electrons. The number of hydrogen-bond acceptors (Lipinski definition) is 3. The van der Waals surface area contributed by atoms with Crippen LogP contribution in [0.2, 0.25) is 0 Å². The van der Waals surface area contributed by atoms with Crippen LogP contribution >= 0.6 is 11.6 Å². The second kappa shape index (κ2) is 6.71. The maximum atomic E-state index is 11.3. The van der Waals surface area contributed by atoms with Gasteiger partial charge in [0.15, 0.2) is 0 Å². The molecule has 1 aromatic heterocycles. The number of halogens is 1. The van der Waals surface area contributed by atoms with Gasteiger partial charge in [0.25, 0.3) is 0 Å². The monoisotopic (exact) mass is 365 g/mol. The van der Waals surface area contributed by atoms with Crippen molar-refractivity contribution in [3.05, 3.63) is 78.9 Å². The van der Waals surface area contributed by atoms with E-state index >= 15 is 0 Å². The van der Waals surface area contributed by atoms with Gasteiger partial charge in [-0.05, 0) is 35.6 Å². The average molecular weight is 366 g/mol. The molecule has 1 aliphatic rings. The first-order valence-corrected chi connectivity index (χ1v) is 9.05. The molecular weight excluding hydrogens is 346 g/mol. The maximum Gasteiger partial charge on any atom is 0.137 e. The normalized spacial score (nSPS) is 17.9. The van der Waals surface area contributed by atoms with E-state index in [1.165, 1.54) is 6.33 Å². The molecule has 0 saturated heterocycles. The molecule has 4 rings (SSSR count). The quantitative estimate of drug-likeness (QED) is 0.667. The summed E-state index contributed by atoms with van der Waals surface area (Å²) in [5.74, 6) is 0. The second-order valence-corrected chi connectivity index (χ2v) is 7.49. The Labute approximate surface area is 157 Å². The Morgan fingerprint density at radius 3 is 2.54 bits per heavy atom. The van der Waals surface area contributed by atoms with E-state index in [9.17, 15) is 5.11 Å². The van der Waals surface area contributed by atoms with Crippen molar-refractivity contribution in [1.29, 1.82) is 0 Å². The third-order valence-electron chi connectivity index (χ3n) is 4.92. The third kappa shape index (κ3) is 3.30. The molecule has 0 aliphatic heterocycles. The topological polar surface area (TPSA) is 50.9 Å². The zero-order valence-corrected chi connectivity index (χ0v) is 15.0. The number of rotatable bonds is 6. The summed E-state index contributed by atoms with van der Waals surface area (Å²) in [7, 11) is 0. The van der Waals surface area contributed by atoms with Crippen molar-refractivity contribution in [3.63, 3.8) is 0 Å². The zero-order valence-electron chi connectivity index (χ0n) is 14.3. The van der Waals surface area contributed by atoms with Crippen LogP contribution in [0.4, 0.5) is 0 Å². The van der Waals surface area contributed by atoms with E-state index in [2.05, 4.69) is 28.3 Å². The molecule has 4 nitrogen and oxygen atoms in total. The van der Waals surface area contributed by atoms with E-state index < -0.39 is 10.5 Å². The first kappa shape index (κ1) is 17.0. The molecule has 132 valence electrons. The van der Waals surface area contributed by atoms with Crippen molar-refractivity contribution in [1.82, 2.24) is 14.8 Å². The van der Waals surface area contributed by atoms with Gasteiger partial charge in [-0.15, -0.1) is 11.6 Å². The lowest BCUT2D eigenvalue weighted by molar-refractivity contribution is 0.0565. The summed E-state index contributed by atoms with van der Waals surface area (Å²) < 4.78 is 1.62. The lowest BCUT2D eigenvalue weighted by Crippen LogP contribution is -2.43. The van der Waals surface area contributed by atoms with Gasteiger partial charge < -0.3 is 5.11 Å². The van der Waals surface area contributed by atoms with Crippen molar-refractivity contribution in [3.8, 4) is 11.1 Å². The van der Waals surface area contributed by atoms with Gasteiger partial charge in [-0.3, -0.25) is 0 Å². The molecule has 1 aliphatic carbocycles. The number of hydrogen-bond donors (Lipinski definition) is 1. The first-order valence-electron chi connectivity index (χ1n) is 8.67. The van der Waals surface area contributed by atoms with Crippen LogP contribution in [0.1, 0.15) is 18.4 Å². The molecular formula is C21H20ClN3O. The second-order valence-electron chi connectivity index (χ2n) is 6.77. The van der Waals surface area contributed by atoms with Crippen molar-refractivity contribution >= 4 is 17.7 Å². The molecule has 1 unspecified atom stereocenters. The van der Waals surface area contributed by atoms with Crippen LogP contribution in [-0.4, -0.2) is 30.3 Å². The number of aromatic nitrogens is 3. The molecule has 0 amide bonds. The minimum absolute atomic E-state index is 0.278. The Hall–Kier alpha value is -2.43. The fourth-order valence-corrected chi connectivity index (χ4v) is 3.42. The first-order chi connectivity index (χ1) is 12.6. The summed E-state index contributed by atoms with van der Waals surface area (Å²) in [6, 6.07) is 18.4. The molecule has 0 bridgehead atoms. The van der Waals surface area contributed by atoms with Crippen LogP contribution in [0.5, 0.6) is 0 Å². The zero-order chi connectivity index (χ0) is 18.0. The standard InChI is InChI=1S/C21H20ClN3O/c22-20(12-13-20)21(26,14-25-16-23-15-24-25)11-10-18-8-4-5-9-19(18)17-6-2-1-3-7-17/h1-11,15-16,26H,12-14H2/b11-10+. The molecule has 0 spiro atoms. The fourth-order valence-electron chi connectivity index (χ4n) is 3.20. The third-order valence-corrected chi connectivity index (χ3v) is 5.62. The number of nitrogens with zero attached hydrogens (tertiary/aromatic N) is 3. The van der Waals surface area contributed by atoms with Gasteiger partial charge in [-0.1, -0.05) is 60.7 Å². The summed E-state index contributed by atoms with van der Waals surface area (Å²) in [5.41, 5.74) is 2.11. The van der Waals surface area contributed by atoms with E-state index in [1.54, 1.807) is 11.0 Å². The van der Waals surface area contributed by atoms with Crippen LogP contribution in [0.15, 0.2) is 73.3 Å². The number of benzene rings is 2. The highest BCUT2D eigenvalue weighted by Crippen LogP contribution is 2.52. The van der Waals surface area contributed by atoms with E-state index in [4.69, 9.17) is 11.6 Å². The molecule has 1 N–H and O–H groups in total. The van der Waals surface area contributed by atoms with Crippen molar-refractivity contribution in [2.24, 2.45) is 0 Å². The van der Waals surface area contributed by atoms with E-state index in [0.29, 0.717) is 0 Å². The molecule has 1 fully saturated rings. The highest BCUT2D eigenvalue weighted by Gasteiger charge is 2.56. The smallest absolute Gasteiger partial charge is 0.137 e. The molecule has 5 heteroatoms. The van der Waals surface area contributed by atoms with Gasteiger partial charge in [-0.25, -0.2) is 9.67 Å². The maximum absolute atomic E-state index is 11.3. The Morgan fingerprint density at radius 1 is 1.12 bits per heavy atom. The molecule has 3 aromatic rings. The summed E-state index contributed by atoms with van der Waals surface area (Å²) >= 11 is 6.63. The number of aliphatic hydroxyl groups is 1. The van der Waals surface area contributed by atoms with E-state index in [-0.39, 0.29) is 6.54 Å². The highest BCUT2D eigenvalue weighted by atomic mass is 35.5. The van der Waals surface area contributed by atoms with Crippen molar-refractivity contribution in [2.45, 2.75) is 29.9 Å². The Bertz CT molecular complexity index is 904. The van der Waals surface area contributed by atoms with Gasteiger partial charge >= 0.3 is 0 Å². The lowest BCUT2D eigenvalue weighted by atomic mass is 9.93. The summed E-state index contributed by atoms with van der Waals surface area (Å²) in [6.45, 7) is 0.278. The van der Waals surface area contributed by atoms with Crippen LogP contribution < -0.4 is 0 Å². The Balaban J connectivity index is 1.68. The minimum atomic E-state index is -1.19. The Kier molecular flexibility index (Phi) is 4.39. The molecule has 2 aromatic carbocycles. The summed E-state index contributed by atoms with van der Waals surface area (Å²) in [4.78, 5) is 3.31. The van der Waals surface area contributed by atoms with Crippen LogP contribution in [-0.2, 0) is 6.54 Å². The van der Waals surface area contributed by atoms with Crippen molar-refractivity contribution < 1.29 is 5.11 Å².